The average molecular weight is 456 g/mol. The van der Waals surface area contributed by atoms with Gasteiger partial charge >= 0.3 is 0 Å². The van der Waals surface area contributed by atoms with Crippen molar-refractivity contribution in [2.24, 2.45) is 0 Å². The first kappa shape index (κ1) is 22.1. The van der Waals surface area contributed by atoms with E-state index in [-0.39, 0.29) is 6.61 Å². The lowest BCUT2D eigenvalue weighted by Gasteiger charge is -2.14. The van der Waals surface area contributed by atoms with Gasteiger partial charge in [0.25, 0.3) is 0 Å². The molecule has 5 N–H and O–H groups in total. The Bertz CT molecular complexity index is 1290. The number of nitrogen functional groups attached to an aromatic ring is 1. The number of hydrogen-bond donors (Lipinski definition) is 4. The van der Waals surface area contributed by atoms with Crippen molar-refractivity contribution in [3.63, 3.8) is 0 Å². The third-order valence-corrected chi connectivity index (χ3v) is 6.49. The van der Waals surface area contributed by atoms with Crippen molar-refractivity contribution in [1.29, 1.82) is 5.41 Å². The fraction of sp³-hybridized carbons (Fsp3) is 0.269. The van der Waals surface area contributed by atoms with Crippen LogP contribution in [0, 0.1) is 5.41 Å². The Labute approximate surface area is 198 Å². The maximum absolute atomic E-state index is 9.30. The Morgan fingerprint density at radius 3 is 2.88 bits per heavy atom. The van der Waals surface area contributed by atoms with Gasteiger partial charge in [-0.15, -0.1) is 0 Å². The zero-order valence-corrected chi connectivity index (χ0v) is 19.0. The number of hydrogen-bond acceptors (Lipinski definition) is 7. The standard InChI is InChI=1S/C26H29N7O/c27-23-12-19(6-7-20(23)15-29-14-18-4-2-1-3-5-18)22-13-24(21-8-9-32(16-21)10-11-34)33-25(22)26(28)30-17-31-33/h1-7,12-13,15,17,21,27,29,34H,8-11,14,16H2,(H2,28,30,31)/b20-15-,27-23?. The normalized spacial score (nSPS) is 19.8. The number of likely N-dealkylation sites (tertiary alicyclic amines) is 1. The van der Waals surface area contributed by atoms with Crippen LogP contribution in [0.2, 0.25) is 0 Å². The van der Waals surface area contributed by atoms with Gasteiger partial charge in [0.2, 0.25) is 0 Å². The van der Waals surface area contributed by atoms with E-state index in [2.05, 4.69) is 38.5 Å². The van der Waals surface area contributed by atoms with E-state index in [1.165, 1.54) is 11.9 Å². The molecule has 5 rings (SSSR count). The number of rotatable bonds is 7. The number of nitrogens with one attached hydrogen (secondary N) is 2. The number of aliphatic hydroxyl groups excluding tert-OH is 1. The second-order valence-corrected chi connectivity index (χ2v) is 8.71. The molecule has 0 radical (unpaired) electrons. The van der Waals surface area contributed by atoms with Crippen molar-refractivity contribution in [2.45, 2.75) is 18.9 Å². The van der Waals surface area contributed by atoms with Gasteiger partial charge in [0, 0.05) is 48.6 Å². The molecule has 1 unspecified atom stereocenters. The van der Waals surface area contributed by atoms with Crippen molar-refractivity contribution >= 4 is 22.6 Å². The van der Waals surface area contributed by atoms with Gasteiger partial charge in [-0.2, -0.15) is 5.10 Å². The summed E-state index contributed by atoms with van der Waals surface area (Å²) < 4.78 is 1.90. The summed E-state index contributed by atoms with van der Waals surface area (Å²) in [6.45, 7) is 3.38. The molecule has 1 saturated heterocycles. The monoisotopic (exact) mass is 455 g/mol. The predicted molar refractivity (Wildman–Crippen MR) is 134 cm³/mol. The summed E-state index contributed by atoms with van der Waals surface area (Å²) in [5.41, 5.74) is 12.5. The van der Waals surface area contributed by atoms with E-state index in [0.29, 0.717) is 30.5 Å². The molecule has 3 aromatic rings. The van der Waals surface area contributed by atoms with Crippen LogP contribution in [0.25, 0.3) is 11.1 Å². The third kappa shape index (κ3) is 4.37. The summed E-state index contributed by atoms with van der Waals surface area (Å²) in [5, 5.41) is 25.7. The molecule has 34 heavy (non-hydrogen) atoms. The van der Waals surface area contributed by atoms with E-state index in [9.17, 15) is 5.11 Å². The summed E-state index contributed by atoms with van der Waals surface area (Å²) in [7, 11) is 0. The number of aromatic nitrogens is 3. The van der Waals surface area contributed by atoms with Crippen molar-refractivity contribution in [1.82, 2.24) is 24.8 Å². The lowest BCUT2D eigenvalue weighted by Crippen LogP contribution is -2.24. The molecule has 8 heteroatoms. The fourth-order valence-corrected chi connectivity index (χ4v) is 4.75. The van der Waals surface area contributed by atoms with E-state index >= 15 is 0 Å². The Morgan fingerprint density at radius 2 is 2.09 bits per heavy atom. The van der Waals surface area contributed by atoms with Gasteiger partial charge in [-0.05, 0) is 36.2 Å². The highest BCUT2D eigenvalue weighted by Gasteiger charge is 2.28. The van der Waals surface area contributed by atoms with Crippen LogP contribution in [0.5, 0.6) is 0 Å². The predicted octanol–water partition coefficient (Wildman–Crippen LogP) is 2.74. The highest BCUT2D eigenvalue weighted by atomic mass is 16.3. The van der Waals surface area contributed by atoms with Crippen LogP contribution in [0.1, 0.15) is 29.2 Å². The molecule has 0 saturated carbocycles. The largest absolute Gasteiger partial charge is 0.395 e. The molecule has 1 fully saturated rings. The number of fused-ring (bicyclic) bond motifs is 1. The first-order chi connectivity index (χ1) is 16.6. The molecule has 0 spiro atoms. The summed E-state index contributed by atoms with van der Waals surface area (Å²) in [4.78, 5) is 6.49. The summed E-state index contributed by atoms with van der Waals surface area (Å²) in [6.07, 6.45) is 10.2. The molecule has 174 valence electrons. The molecule has 1 aliphatic carbocycles. The quantitative estimate of drug-likeness (QED) is 0.435. The number of anilines is 1. The SMILES string of the molecule is N=C1C=C(c2cc(C3CCN(CCO)C3)n3ncnc(N)c23)C=C/C1=C/NCc1ccccc1. The topological polar surface area (TPSA) is 116 Å². The number of nitrogens with two attached hydrogens (primary N) is 1. The van der Waals surface area contributed by atoms with Crippen LogP contribution >= 0.6 is 0 Å². The van der Waals surface area contributed by atoms with Crippen LogP contribution in [-0.2, 0) is 6.54 Å². The molecule has 2 aliphatic rings. The Balaban J connectivity index is 1.40. The van der Waals surface area contributed by atoms with Gasteiger partial charge in [-0.25, -0.2) is 9.50 Å². The number of β-amino-alcohol motifs (C(OH)–C–C–N with tert-alkyl or cyclic N) is 1. The van der Waals surface area contributed by atoms with Crippen LogP contribution in [0.4, 0.5) is 5.82 Å². The van der Waals surface area contributed by atoms with Gasteiger partial charge in [0.15, 0.2) is 5.82 Å². The zero-order chi connectivity index (χ0) is 23.5. The number of nitrogens with zero attached hydrogens (tertiary/aromatic N) is 4. The molecule has 2 aromatic heterocycles. The molecule has 3 heterocycles. The first-order valence-corrected chi connectivity index (χ1v) is 11.6. The second kappa shape index (κ2) is 9.62. The van der Waals surface area contributed by atoms with E-state index in [1.54, 1.807) is 0 Å². The minimum Gasteiger partial charge on any atom is -0.395 e. The molecular formula is C26H29N7O. The number of benzene rings is 1. The van der Waals surface area contributed by atoms with Crippen LogP contribution in [-0.4, -0.2) is 56.6 Å². The number of aliphatic hydroxyl groups is 1. The van der Waals surface area contributed by atoms with E-state index < -0.39 is 0 Å². The molecule has 0 amide bonds. The van der Waals surface area contributed by atoms with Crippen molar-refractivity contribution in [3.05, 3.63) is 89.5 Å². The Hall–Kier alpha value is -3.75. The van der Waals surface area contributed by atoms with Gasteiger partial charge in [0.1, 0.15) is 11.8 Å². The van der Waals surface area contributed by atoms with E-state index in [0.717, 1.165) is 47.4 Å². The smallest absolute Gasteiger partial charge is 0.151 e. The fourth-order valence-electron chi connectivity index (χ4n) is 4.75. The van der Waals surface area contributed by atoms with Crippen molar-refractivity contribution < 1.29 is 5.11 Å². The minimum absolute atomic E-state index is 0.165. The Kier molecular flexibility index (Phi) is 6.24. The average Bonchev–Trinajstić information content (AvgIpc) is 3.46. The molecular weight excluding hydrogens is 426 g/mol. The van der Waals surface area contributed by atoms with Gasteiger partial charge in [-0.3, -0.25) is 0 Å². The lowest BCUT2D eigenvalue weighted by atomic mass is 9.95. The van der Waals surface area contributed by atoms with Gasteiger partial charge in [-0.1, -0.05) is 42.5 Å². The summed E-state index contributed by atoms with van der Waals surface area (Å²) in [5.74, 6) is 0.723. The van der Waals surface area contributed by atoms with Crippen molar-refractivity contribution in [2.75, 3.05) is 32.0 Å². The number of allylic oxidation sites excluding steroid dienone is 5. The minimum atomic E-state index is 0.165. The zero-order valence-electron chi connectivity index (χ0n) is 19.0. The maximum Gasteiger partial charge on any atom is 0.151 e. The van der Waals surface area contributed by atoms with E-state index in [1.807, 2.05) is 47.1 Å². The van der Waals surface area contributed by atoms with Crippen LogP contribution in [0.15, 0.2) is 72.7 Å². The summed E-state index contributed by atoms with van der Waals surface area (Å²) in [6, 6.07) is 12.3. The van der Waals surface area contributed by atoms with Gasteiger partial charge in [0.05, 0.1) is 12.3 Å². The molecule has 0 bridgehead atoms. The highest BCUT2D eigenvalue weighted by Crippen LogP contribution is 2.35. The molecule has 1 aromatic carbocycles. The van der Waals surface area contributed by atoms with Crippen LogP contribution < -0.4 is 11.1 Å². The van der Waals surface area contributed by atoms with Crippen molar-refractivity contribution in [3.8, 4) is 0 Å². The second-order valence-electron chi connectivity index (χ2n) is 8.71. The molecule has 1 aliphatic heterocycles. The third-order valence-electron chi connectivity index (χ3n) is 6.49. The maximum atomic E-state index is 9.30. The summed E-state index contributed by atoms with van der Waals surface area (Å²) >= 11 is 0. The van der Waals surface area contributed by atoms with Gasteiger partial charge < -0.3 is 26.5 Å². The molecule has 8 nitrogen and oxygen atoms in total. The van der Waals surface area contributed by atoms with Crippen LogP contribution in [0.3, 0.4) is 0 Å². The highest BCUT2D eigenvalue weighted by molar-refractivity contribution is 6.16. The molecule has 1 atom stereocenters. The van der Waals surface area contributed by atoms with E-state index in [4.69, 9.17) is 11.1 Å². The Morgan fingerprint density at radius 1 is 1.24 bits per heavy atom. The first-order valence-electron chi connectivity index (χ1n) is 11.6. The lowest BCUT2D eigenvalue weighted by molar-refractivity contribution is 0.220.